The molecule has 2 aromatic rings. The summed E-state index contributed by atoms with van der Waals surface area (Å²) < 4.78 is 10.6. The zero-order valence-corrected chi connectivity index (χ0v) is 11.9. The van der Waals surface area contributed by atoms with Crippen LogP contribution in [0.1, 0.15) is 12.5 Å². The van der Waals surface area contributed by atoms with Gasteiger partial charge in [-0.2, -0.15) is 0 Å². The monoisotopic (exact) mass is 289 g/mol. The minimum absolute atomic E-state index is 0. The third-order valence-electron chi connectivity index (χ3n) is 2.63. The molecular formula is C16H19NO4. The van der Waals surface area contributed by atoms with Crippen LogP contribution >= 0.6 is 0 Å². The van der Waals surface area contributed by atoms with Crippen LogP contribution in [-0.2, 0) is 11.4 Å². The molecule has 0 aliphatic carbocycles. The SMILES string of the molecule is CC(O)C(=O)Oc1ccc(OCc2ccccc2)cc1.N. The number of rotatable bonds is 5. The first-order valence-electron chi connectivity index (χ1n) is 6.32. The van der Waals surface area contributed by atoms with Crippen molar-refractivity contribution in [2.45, 2.75) is 19.6 Å². The maximum Gasteiger partial charge on any atom is 0.340 e. The highest BCUT2D eigenvalue weighted by Crippen LogP contribution is 2.19. The van der Waals surface area contributed by atoms with Crippen LogP contribution in [0.15, 0.2) is 54.6 Å². The second kappa shape index (κ2) is 8.04. The number of carbonyl (C=O) groups is 1. The number of esters is 1. The Labute approximate surface area is 123 Å². The summed E-state index contributed by atoms with van der Waals surface area (Å²) in [5.41, 5.74) is 1.08. The molecule has 0 aliphatic rings. The van der Waals surface area contributed by atoms with Crippen LogP contribution in [0.3, 0.4) is 0 Å². The molecule has 5 nitrogen and oxygen atoms in total. The molecule has 5 heteroatoms. The van der Waals surface area contributed by atoms with E-state index in [2.05, 4.69) is 0 Å². The number of benzene rings is 2. The van der Waals surface area contributed by atoms with Crippen LogP contribution in [-0.4, -0.2) is 17.2 Å². The largest absolute Gasteiger partial charge is 0.489 e. The topological polar surface area (TPSA) is 90.8 Å². The van der Waals surface area contributed by atoms with E-state index < -0.39 is 12.1 Å². The predicted molar refractivity (Wildman–Crippen MR) is 79.6 cm³/mol. The van der Waals surface area contributed by atoms with Gasteiger partial charge in [0, 0.05) is 0 Å². The number of aliphatic hydroxyl groups is 1. The lowest BCUT2D eigenvalue weighted by atomic mass is 10.2. The fourth-order valence-corrected chi connectivity index (χ4v) is 1.55. The third kappa shape index (κ3) is 5.25. The van der Waals surface area contributed by atoms with Crippen molar-refractivity contribution in [3.8, 4) is 11.5 Å². The van der Waals surface area contributed by atoms with Gasteiger partial charge in [-0.1, -0.05) is 30.3 Å². The number of carbonyl (C=O) groups excluding carboxylic acids is 1. The van der Waals surface area contributed by atoms with Gasteiger partial charge in [-0.25, -0.2) is 4.79 Å². The first kappa shape index (κ1) is 16.7. The summed E-state index contributed by atoms with van der Waals surface area (Å²) in [5, 5.41) is 9.05. The molecule has 4 N–H and O–H groups in total. The molecule has 0 saturated heterocycles. The Morgan fingerprint density at radius 2 is 1.62 bits per heavy atom. The summed E-state index contributed by atoms with van der Waals surface area (Å²) in [6.07, 6.45) is -1.14. The summed E-state index contributed by atoms with van der Waals surface area (Å²) in [5.74, 6) is 0.386. The van der Waals surface area contributed by atoms with E-state index in [-0.39, 0.29) is 6.15 Å². The van der Waals surface area contributed by atoms with Crippen molar-refractivity contribution in [1.29, 1.82) is 0 Å². The Balaban J connectivity index is 0.00000220. The number of hydrogen-bond acceptors (Lipinski definition) is 5. The lowest BCUT2D eigenvalue weighted by Gasteiger charge is -2.08. The van der Waals surface area contributed by atoms with Crippen molar-refractivity contribution in [3.63, 3.8) is 0 Å². The third-order valence-corrected chi connectivity index (χ3v) is 2.63. The molecule has 1 atom stereocenters. The summed E-state index contributed by atoms with van der Waals surface area (Å²) in [7, 11) is 0. The van der Waals surface area contributed by atoms with Crippen LogP contribution in [0.4, 0.5) is 0 Å². The van der Waals surface area contributed by atoms with E-state index in [1.54, 1.807) is 24.3 Å². The fourth-order valence-electron chi connectivity index (χ4n) is 1.55. The van der Waals surface area contributed by atoms with Crippen molar-refractivity contribution >= 4 is 5.97 Å². The van der Waals surface area contributed by atoms with E-state index in [0.29, 0.717) is 18.1 Å². The maximum absolute atomic E-state index is 11.2. The van der Waals surface area contributed by atoms with E-state index in [1.807, 2.05) is 30.3 Å². The van der Waals surface area contributed by atoms with Gasteiger partial charge in [0.1, 0.15) is 24.2 Å². The van der Waals surface area contributed by atoms with Crippen molar-refractivity contribution in [2.24, 2.45) is 0 Å². The molecule has 0 fully saturated rings. The van der Waals surface area contributed by atoms with Gasteiger partial charge in [-0.15, -0.1) is 0 Å². The Morgan fingerprint density at radius 1 is 1.05 bits per heavy atom. The van der Waals surface area contributed by atoms with Gasteiger partial charge < -0.3 is 20.7 Å². The molecule has 0 aliphatic heterocycles. The molecule has 0 spiro atoms. The zero-order valence-electron chi connectivity index (χ0n) is 11.9. The van der Waals surface area contributed by atoms with Gasteiger partial charge in [-0.05, 0) is 36.8 Å². The van der Waals surface area contributed by atoms with E-state index in [0.717, 1.165) is 5.56 Å². The summed E-state index contributed by atoms with van der Waals surface area (Å²) in [6.45, 7) is 1.84. The Kier molecular flexibility index (Phi) is 6.39. The van der Waals surface area contributed by atoms with E-state index in [1.165, 1.54) is 6.92 Å². The van der Waals surface area contributed by atoms with Gasteiger partial charge in [0.25, 0.3) is 0 Å². The van der Waals surface area contributed by atoms with Gasteiger partial charge >= 0.3 is 5.97 Å². The smallest absolute Gasteiger partial charge is 0.340 e. The van der Waals surface area contributed by atoms with Crippen molar-refractivity contribution in [3.05, 3.63) is 60.2 Å². The average molecular weight is 289 g/mol. The van der Waals surface area contributed by atoms with Crippen LogP contribution in [0.2, 0.25) is 0 Å². The molecule has 0 amide bonds. The van der Waals surface area contributed by atoms with Crippen molar-refractivity contribution in [2.75, 3.05) is 0 Å². The van der Waals surface area contributed by atoms with Crippen LogP contribution < -0.4 is 15.6 Å². The number of hydrogen-bond donors (Lipinski definition) is 2. The fraction of sp³-hybridized carbons (Fsp3) is 0.188. The molecular weight excluding hydrogens is 270 g/mol. The molecule has 2 aromatic carbocycles. The summed E-state index contributed by atoms with van der Waals surface area (Å²) in [6, 6.07) is 16.5. The molecule has 0 saturated carbocycles. The van der Waals surface area contributed by atoms with E-state index in [9.17, 15) is 4.79 Å². The normalized spacial score (nSPS) is 11.1. The minimum atomic E-state index is -1.14. The predicted octanol–water partition coefficient (Wildman–Crippen LogP) is 2.71. The first-order valence-corrected chi connectivity index (χ1v) is 6.32. The highest BCUT2D eigenvalue weighted by molar-refractivity contribution is 5.76. The summed E-state index contributed by atoms with van der Waals surface area (Å²) in [4.78, 5) is 11.2. The second-order valence-electron chi connectivity index (χ2n) is 4.34. The lowest BCUT2D eigenvalue weighted by Crippen LogP contribution is -2.21. The maximum atomic E-state index is 11.2. The molecule has 0 bridgehead atoms. The Bertz CT molecular complexity index is 552. The van der Waals surface area contributed by atoms with Crippen molar-refractivity contribution < 1.29 is 19.4 Å². The van der Waals surface area contributed by atoms with Gasteiger partial charge in [0.15, 0.2) is 0 Å². The zero-order chi connectivity index (χ0) is 14.4. The second-order valence-corrected chi connectivity index (χ2v) is 4.34. The molecule has 0 radical (unpaired) electrons. The lowest BCUT2D eigenvalue weighted by molar-refractivity contribution is -0.142. The van der Waals surface area contributed by atoms with E-state index in [4.69, 9.17) is 14.6 Å². The molecule has 21 heavy (non-hydrogen) atoms. The molecule has 0 aromatic heterocycles. The number of aliphatic hydroxyl groups excluding tert-OH is 1. The highest BCUT2D eigenvalue weighted by Gasteiger charge is 2.11. The van der Waals surface area contributed by atoms with Gasteiger partial charge in [-0.3, -0.25) is 0 Å². The Morgan fingerprint density at radius 3 is 2.19 bits per heavy atom. The van der Waals surface area contributed by atoms with Crippen molar-refractivity contribution in [1.82, 2.24) is 6.15 Å². The van der Waals surface area contributed by atoms with Crippen LogP contribution in [0.25, 0.3) is 0 Å². The van der Waals surface area contributed by atoms with Gasteiger partial charge in [0.2, 0.25) is 0 Å². The molecule has 0 heterocycles. The quantitative estimate of drug-likeness (QED) is 0.652. The molecule has 2 rings (SSSR count). The Hall–Kier alpha value is -2.37. The minimum Gasteiger partial charge on any atom is -0.489 e. The van der Waals surface area contributed by atoms with E-state index >= 15 is 0 Å². The first-order chi connectivity index (χ1) is 9.65. The van der Waals surface area contributed by atoms with Gasteiger partial charge in [0.05, 0.1) is 0 Å². The summed E-state index contributed by atoms with van der Waals surface area (Å²) >= 11 is 0. The number of ether oxygens (including phenoxy) is 2. The average Bonchev–Trinajstić information content (AvgIpc) is 2.47. The van der Waals surface area contributed by atoms with Crippen LogP contribution in [0.5, 0.6) is 11.5 Å². The highest BCUT2D eigenvalue weighted by atomic mass is 16.5. The van der Waals surface area contributed by atoms with Crippen LogP contribution in [0, 0.1) is 0 Å². The standard InChI is InChI=1S/C16H16O4.H3N/c1-12(17)16(18)20-15-9-7-14(8-10-15)19-11-13-5-3-2-4-6-13;/h2-10,12,17H,11H2,1H3;1H3. The molecule has 1 unspecified atom stereocenters. The molecule has 112 valence electrons.